The third-order valence-electron chi connectivity index (χ3n) is 1.36. The Morgan fingerprint density at radius 3 is 3.00 bits per heavy atom. The first-order valence-electron chi connectivity index (χ1n) is 3.67. The van der Waals surface area contributed by atoms with E-state index in [0.717, 1.165) is 6.54 Å². The number of aromatic nitrogens is 1. The van der Waals surface area contributed by atoms with Crippen molar-refractivity contribution in [3.05, 3.63) is 24.0 Å². The maximum absolute atomic E-state index is 5.13. The first-order chi connectivity index (χ1) is 5.79. The minimum atomic E-state index is 0.108. The summed E-state index contributed by atoms with van der Waals surface area (Å²) < 4.78 is 0. The molecule has 5 nitrogen and oxygen atoms in total. The molecule has 0 fully saturated rings. The molecule has 1 rings (SSSR count). The molecule has 0 aliphatic carbocycles. The highest BCUT2D eigenvalue weighted by molar-refractivity contribution is 5.75. The van der Waals surface area contributed by atoms with Crippen molar-refractivity contribution >= 4 is 5.96 Å². The molecular formula is C7H13N5. The molecule has 0 spiro atoms. The molecule has 0 unspecified atom stereocenters. The van der Waals surface area contributed by atoms with Crippen molar-refractivity contribution in [2.24, 2.45) is 16.5 Å². The third-order valence-corrected chi connectivity index (χ3v) is 1.36. The van der Waals surface area contributed by atoms with Crippen LogP contribution in [0.1, 0.15) is 5.56 Å². The summed E-state index contributed by atoms with van der Waals surface area (Å²) in [4.78, 5) is 6.73. The van der Waals surface area contributed by atoms with E-state index in [9.17, 15) is 0 Å². The highest BCUT2D eigenvalue weighted by atomic mass is 15.1. The van der Waals surface area contributed by atoms with Crippen molar-refractivity contribution in [2.75, 3.05) is 6.67 Å². The zero-order valence-electron chi connectivity index (χ0n) is 6.75. The molecule has 1 aromatic rings. The van der Waals surface area contributed by atoms with E-state index < -0.39 is 0 Å². The number of aliphatic imine (C=N–C) groups is 1. The third kappa shape index (κ3) is 3.07. The maximum atomic E-state index is 5.13. The van der Waals surface area contributed by atoms with Gasteiger partial charge >= 0.3 is 0 Å². The van der Waals surface area contributed by atoms with E-state index in [1.807, 2.05) is 18.5 Å². The van der Waals surface area contributed by atoms with Gasteiger partial charge in [0, 0.05) is 18.9 Å². The highest BCUT2D eigenvalue weighted by Crippen LogP contribution is 1.93. The van der Waals surface area contributed by atoms with E-state index in [4.69, 9.17) is 11.5 Å². The van der Waals surface area contributed by atoms with E-state index in [1.54, 1.807) is 0 Å². The number of nitrogens with two attached hydrogens (primary N) is 2. The SMILES string of the molecule is NC(N)=NCNCc1cc[nH]c1. The second-order valence-corrected chi connectivity index (χ2v) is 2.39. The first-order valence-corrected chi connectivity index (χ1v) is 3.67. The average molecular weight is 167 g/mol. The molecule has 12 heavy (non-hydrogen) atoms. The molecule has 66 valence electrons. The molecule has 0 amide bonds. The highest BCUT2D eigenvalue weighted by Gasteiger charge is 1.89. The lowest BCUT2D eigenvalue weighted by Crippen LogP contribution is -2.25. The maximum Gasteiger partial charge on any atom is 0.187 e. The van der Waals surface area contributed by atoms with Gasteiger partial charge in [-0.3, -0.25) is 5.32 Å². The largest absolute Gasteiger partial charge is 0.370 e. The Balaban J connectivity index is 2.16. The lowest BCUT2D eigenvalue weighted by Gasteiger charge is -1.98. The van der Waals surface area contributed by atoms with E-state index in [0.29, 0.717) is 6.67 Å². The van der Waals surface area contributed by atoms with Gasteiger partial charge in [0.2, 0.25) is 0 Å². The number of hydrogen-bond donors (Lipinski definition) is 4. The number of rotatable bonds is 4. The Hall–Kier alpha value is -1.49. The summed E-state index contributed by atoms with van der Waals surface area (Å²) in [5, 5.41) is 3.05. The van der Waals surface area contributed by atoms with E-state index in [2.05, 4.69) is 15.3 Å². The molecule has 5 heteroatoms. The topological polar surface area (TPSA) is 92.2 Å². The summed E-state index contributed by atoms with van der Waals surface area (Å²) in [6, 6.07) is 1.99. The van der Waals surface area contributed by atoms with Gasteiger partial charge in [-0.25, -0.2) is 4.99 Å². The number of hydrogen-bond acceptors (Lipinski definition) is 2. The van der Waals surface area contributed by atoms with Crippen LogP contribution in [0.4, 0.5) is 0 Å². The monoisotopic (exact) mass is 167 g/mol. The Labute approximate surface area is 70.9 Å². The predicted octanol–water partition coefficient (Wildman–Crippen LogP) is -0.665. The van der Waals surface area contributed by atoms with Crippen molar-refractivity contribution in [1.82, 2.24) is 10.3 Å². The number of guanidine groups is 1. The van der Waals surface area contributed by atoms with Gasteiger partial charge in [-0.1, -0.05) is 0 Å². The van der Waals surface area contributed by atoms with Crippen molar-refractivity contribution < 1.29 is 0 Å². The fourth-order valence-electron chi connectivity index (χ4n) is 0.816. The summed E-state index contributed by atoms with van der Waals surface area (Å²) in [7, 11) is 0. The van der Waals surface area contributed by atoms with Crippen LogP contribution in [0.5, 0.6) is 0 Å². The molecular weight excluding hydrogens is 154 g/mol. The van der Waals surface area contributed by atoms with Crippen LogP contribution in [0.15, 0.2) is 23.5 Å². The second-order valence-electron chi connectivity index (χ2n) is 2.39. The summed E-state index contributed by atoms with van der Waals surface area (Å²) in [5.41, 5.74) is 11.4. The Kier molecular flexibility index (Phi) is 3.16. The van der Waals surface area contributed by atoms with Gasteiger partial charge in [0.1, 0.15) is 0 Å². The molecule has 0 saturated heterocycles. The zero-order chi connectivity index (χ0) is 8.81. The van der Waals surface area contributed by atoms with Crippen molar-refractivity contribution in [3.8, 4) is 0 Å². The van der Waals surface area contributed by atoms with E-state index >= 15 is 0 Å². The molecule has 1 heterocycles. The number of nitrogens with one attached hydrogen (secondary N) is 2. The molecule has 0 aliphatic heterocycles. The van der Waals surface area contributed by atoms with Crippen LogP contribution in [0.2, 0.25) is 0 Å². The minimum Gasteiger partial charge on any atom is -0.370 e. The van der Waals surface area contributed by atoms with Gasteiger partial charge < -0.3 is 16.5 Å². The van der Waals surface area contributed by atoms with Crippen LogP contribution < -0.4 is 16.8 Å². The van der Waals surface area contributed by atoms with Gasteiger partial charge in [-0.05, 0) is 11.6 Å². The van der Waals surface area contributed by atoms with E-state index in [1.165, 1.54) is 5.56 Å². The number of aromatic amines is 1. The fourth-order valence-corrected chi connectivity index (χ4v) is 0.816. The molecule has 0 atom stereocenters. The smallest absolute Gasteiger partial charge is 0.187 e. The molecule has 6 N–H and O–H groups in total. The van der Waals surface area contributed by atoms with Gasteiger partial charge in [0.25, 0.3) is 0 Å². The summed E-state index contributed by atoms with van der Waals surface area (Å²) >= 11 is 0. The number of H-pyrrole nitrogens is 1. The van der Waals surface area contributed by atoms with Gasteiger partial charge in [-0.2, -0.15) is 0 Å². The molecule has 1 aromatic heterocycles. The summed E-state index contributed by atoms with van der Waals surface area (Å²) in [6.07, 6.45) is 3.79. The van der Waals surface area contributed by atoms with Crippen LogP contribution in [-0.4, -0.2) is 17.6 Å². The van der Waals surface area contributed by atoms with Crippen molar-refractivity contribution in [3.63, 3.8) is 0 Å². The normalized spacial score (nSPS) is 9.67. The fraction of sp³-hybridized carbons (Fsp3) is 0.286. The first kappa shape index (κ1) is 8.61. The van der Waals surface area contributed by atoms with Gasteiger partial charge in [0.05, 0.1) is 6.67 Å². The second kappa shape index (κ2) is 4.40. The molecule has 0 saturated carbocycles. The molecule has 0 radical (unpaired) electrons. The molecule has 0 bridgehead atoms. The summed E-state index contributed by atoms with van der Waals surface area (Å²) in [5.74, 6) is 0.108. The predicted molar refractivity (Wildman–Crippen MR) is 48.3 cm³/mol. The van der Waals surface area contributed by atoms with Crippen molar-refractivity contribution in [1.29, 1.82) is 0 Å². The quantitative estimate of drug-likeness (QED) is 0.272. The van der Waals surface area contributed by atoms with Crippen LogP contribution >= 0.6 is 0 Å². The lowest BCUT2D eigenvalue weighted by molar-refractivity contribution is 0.710. The Morgan fingerprint density at radius 2 is 2.42 bits per heavy atom. The van der Waals surface area contributed by atoms with Crippen molar-refractivity contribution in [2.45, 2.75) is 6.54 Å². The number of nitrogens with zero attached hydrogens (tertiary/aromatic N) is 1. The Bertz CT molecular complexity index is 234. The zero-order valence-corrected chi connectivity index (χ0v) is 6.75. The standard InChI is InChI=1S/C7H13N5/c8-7(9)12-5-11-4-6-1-2-10-3-6/h1-3,10-11H,4-5H2,(H4,8,9,12). The summed E-state index contributed by atoms with van der Waals surface area (Å²) in [6.45, 7) is 1.22. The minimum absolute atomic E-state index is 0.108. The Morgan fingerprint density at radius 1 is 1.58 bits per heavy atom. The van der Waals surface area contributed by atoms with Crippen LogP contribution in [-0.2, 0) is 6.54 Å². The lowest BCUT2D eigenvalue weighted by atomic mass is 10.3. The molecule has 0 aliphatic rings. The van der Waals surface area contributed by atoms with Gasteiger partial charge in [-0.15, -0.1) is 0 Å². The average Bonchev–Trinajstić information content (AvgIpc) is 2.49. The van der Waals surface area contributed by atoms with E-state index in [-0.39, 0.29) is 5.96 Å². The van der Waals surface area contributed by atoms with Crippen LogP contribution in [0.3, 0.4) is 0 Å². The van der Waals surface area contributed by atoms with Crippen LogP contribution in [0, 0.1) is 0 Å². The van der Waals surface area contributed by atoms with Crippen LogP contribution in [0.25, 0.3) is 0 Å². The van der Waals surface area contributed by atoms with Gasteiger partial charge in [0.15, 0.2) is 5.96 Å². The molecule has 0 aromatic carbocycles.